The Morgan fingerprint density at radius 2 is 1.36 bits per heavy atom. The normalized spacial score (nSPS) is 7.71. The summed E-state index contributed by atoms with van der Waals surface area (Å²) in [7, 11) is 7.72. The summed E-state index contributed by atoms with van der Waals surface area (Å²) in [6.07, 6.45) is 0. The van der Waals surface area contributed by atoms with Crippen molar-refractivity contribution >= 4 is 0 Å². The molecule has 3 nitrogen and oxygen atoms in total. The van der Waals surface area contributed by atoms with Gasteiger partial charge < -0.3 is 15.0 Å². The fourth-order valence-corrected chi connectivity index (χ4v) is 0. The van der Waals surface area contributed by atoms with E-state index in [1.54, 1.807) is 7.11 Å². The molecule has 0 aliphatic rings. The maximum Gasteiger partial charge on any atom is 0.0433 e. The Hall–Kier alpha value is -0.120. The topological polar surface area (TPSA) is 24.5 Å². The van der Waals surface area contributed by atoms with Crippen LogP contribution in [0.5, 0.6) is 0 Å². The van der Waals surface area contributed by atoms with E-state index in [4.69, 9.17) is 0 Å². The summed E-state index contributed by atoms with van der Waals surface area (Å²) in [4.78, 5) is 2.12. The summed E-state index contributed by atoms with van der Waals surface area (Å²) in [5.41, 5.74) is 0. The number of hydrogen-bond acceptors (Lipinski definition) is 3. The third-order valence-corrected chi connectivity index (χ3v) is 1.27. The van der Waals surface area contributed by atoms with Crippen molar-refractivity contribution in [3.05, 3.63) is 0 Å². The molecule has 0 fully saturated rings. The van der Waals surface area contributed by atoms with Gasteiger partial charge in [-0.2, -0.15) is 0 Å². The van der Waals surface area contributed by atoms with Gasteiger partial charge in [0.1, 0.15) is 0 Å². The van der Waals surface area contributed by atoms with Gasteiger partial charge in [-0.3, -0.25) is 0 Å². The lowest BCUT2D eigenvalue weighted by atomic mass is 10.7. The number of hydrogen-bond donors (Lipinski definition) is 1. The zero-order chi connectivity index (χ0) is 11.1. The van der Waals surface area contributed by atoms with Crippen LogP contribution >= 0.6 is 0 Å². The second-order valence-electron chi connectivity index (χ2n) is 2.68. The molecule has 0 aliphatic carbocycles. The van der Waals surface area contributed by atoms with Crippen LogP contribution in [-0.2, 0) is 4.74 Å². The van der Waals surface area contributed by atoms with E-state index in [2.05, 4.69) is 42.9 Å². The third-order valence-electron chi connectivity index (χ3n) is 1.27. The molecule has 0 heterocycles. The molecular weight excluding hydrogens is 176 g/mol. The van der Waals surface area contributed by atoms with Gasteiger partial charge in [0.15, 0.2) is 0 Å². The van der Waals surface area contributed by atoms with Crippen molar-refractivity contribution in [2.75, 3.05) is 47.9 Å². The van der Waals surface area contributed by atoms with E-state index in [0.29, 0.717) is 0 Å². The van der Waals surface area contributed by atoms with E-state index < -0.39 is 0 Å². The Bertz CT molecular complexity index is 51.2. The van der Waals surface area contributed by atoms with Crippen molar-refractivity contribution in [1.82, 2.24) is 10.2 Å². The maximum absolute atomic E-state index is 4.54. The summed E-state index contributed by atoms with van der Waals surface area (Å²) in [6.45, 7) is 9.18. The minimum Gasteiger partial charge on any atom is -0.385 e. The molecule has 0 aromatic heterocycles. The van der Waals surface area contributed by atoms with Crippen molar-refractivity contribution in [2.45, 2.75) is 28.2 Å². The average molecular weight is 208 g/mol. The lowest BCUT2D eigenvalue weighted by Crippen LogP contribution is -2.08. The van der Waals surface area contributed by atoms with Crippen LogP contribution in [0.2, 0.25) is 0 Å². The number of nitrogens with zero attached hydrogens (tertiary/aromatic N) is 1. The summed E-state index contributed by atoms with van der Waals surface area (Å²) in [5, 5.41) is 2.93. The monoisotopic (exact) mass is 208 g/mol. The highest BCUT2D eigenvalue weighted by atomic mass is 16.5. The third kappa shape index (κ3) is 93.4. The Balaban J connectivity index is -0.0000000522. The zero-order valence-corrected chi connectivity index (χ0v) is 10.5. The number of methoxy groups -OCH3 is 1. The van der Waals surface area contributed by atoms with E-state index in [1.165, 1.54) is 0 Å². The maximum atomic E-state index is 4.54. The van der Waals surface area contributed by atoms with E-state index in [-0.39, 0.29) is 7.43 Å². The molecule has 14 heavy (non-hydrogen) atoms. The first-order chi connectivity index (χ1) is 6.10. The van der Waals surface area contributed by atoms with Gasteiger partial charge in [-0.25, -0.2) is 0 Å². The Morgan fingerprint density at radius 1 is 1.14 bits per heavy atom. The number of rotatable bonds is 3. The second kappa shape index (κ2) is 29.3. The molecule has 1 N–H and O–H groups in total. The molecule has 3 heteroatoms. The van der Waals surface area contributed by atoms with Gasteiger partial charge in [-0.15, -0.1) is 0 Å². The molecule has 0 aromatic rings. The molecule has 0 unspecified atom stereocenters. The first kappa shape index (κ1) is 23.6. The highest BCUT2D eigenvalue weighted by Gasteiger charge is 1.72. The van der Waals surface area contributed by atoms with Crippen LogP contribution in [0.15, 0.2) is 0 Å². The van der Waals surface area contributed by atoms with Crippen LogP contribution in [0, 0.1) is 0 Å². The minimum atomic E-state index is 0. The van der Waals surface area contributed by atoms with Crippen LogP contribution in [0.25, 0.3) is 0 Å². The highest BCUT2D eigenvalue weighted by Crippen LogP contribution is 1.63. The van der Waals surface area contributed by atoms with Gasteiger partial charge in [0.05, 0.1) is 0 Å². The number of ether oxygens (including phenoxy) is 1. The van der Waals surface area contributed by atoms with Gasteiger partial charge >= 0.3 is 0 Å². The lowest BCUT2D eigenvalue weighted by molar-refractivity contribution is 0.215. The van der Waals surface area contributed by atoms with Crippen molar-refractivity contribution in [3.63, 3.8) is 0 Å². The van der Waals surface area contributed by atoms with Crippen molar-refractivity contribution in [1.29, 1.82) is 0 Å². The standard InChI is InChI=1S/C4H11N.C3H9N.C3H8O.CH4/c1-4-5(2)3;2*1-3-4-2;/h4H2,1-3H3;4H,3H2,1-2H3;3H2,1-2H3;1H4. The Labute approximate surface area is 91.8 Å². The molecule has 0 atom stereocenters. The largest absolute Gasteiger partial charge is 0.385 e. The van der Waals surface area contributed by atoms with Crippen LogP contribution < -0.4 is 5.32 Å². The van der Waals surface area contributed by atoms with E-state index in [0.717, 1.165) is 19.7 Å². The summed E-state index contributed by atoms with van der Waals surface area (Å²) in [6, 6.07) is 0. The number of nitrogens with one attached hydrogen (secondary N) is 1. The molecule has 0 bridgehead atoms. The second-order valence-corrected chi connectivity index (χ2v) is 2.68. The first-order valence-electron chi connectivity index (χ1n) is 4.88. The first-order valence-corrected chi connectivity index (χ1v) is 4.88. The molecule has 0 radical (unpaired) electrons. The minimum absolute atomic E-state index is 0. The van der Waals surface area contributed by atoms with E-state index in [1.807, 2.05) is 14.0 Å². The quantitative estimate of drug-likeness (QED) is 0.768. The smallest absolute Gasteiger partial charge is 0.0433 e. The predicted octanol–water partition coefficient (Wildman–Crippen LogP) is 2.08. The Morgan fingerprint density at radius 3 is 1.36 bits per heavy atom. The van der Waals surface area contributed by atoms with Gasteiger partial charge in [0.2, 0.25) is 0 Å². The lowest BCUT2D eigenvalue weighted by Gasteiger charge is -2.00. The molecule has 0 amide bonds. The van der Waals surface area contributed by atoms with Crippen LogP contribution in [0.1, 0.15) is 28.2 Å². The molecular formula is C11H32N2O. The zero-order valence-electron chi connectivity index (χ0n) is 10.5. The van der Waals surface area contributed by atoms with Gasteiger partial charge in [0, 0.05) is 13.7 Å². The van der Waals surface area contributed by atoms with Crippen molar-refractivity contribution < 1.29 is 4.74 Å². The van der Waals surface area contributed by atoms with E-state index in [9.17, 15) is 0 Å². The van der Waals surface area contributed by atoms with E-state index >= 15 is 0 Å². The van der Waals surface area contributed by atoms with Crippen molar-refractivity contribution in [3.8, 4) is 0 Å². The molecule has 92 valence electrons. The predicted molar refractivity (Wildman–Crippen MR) is 68.1 cm³/mol. The van der Waals surface area contributed by atoms with Gasteiger partial charge in [-0.1, -0.05) is 21.3 Å². The fourth-order valence-electron chi connectivity index (χ4n) is 0. The summed E-state index contributed by atoms with van der Waals surface area (Å²) >= 11 is 0. The molecule has 0 rings (SSSR count). The molecule has 0 aromatic carbocycles. The summed E-state index contributed by atoms with van der Waals surface area (Å²) < 4.78 is 4.54. The molecule has 0 aliphatic heterocycles. The SMILES string of the molecule is C.CCN(C)C.CCNC.CCOC. The van der Waals surface area contributed by atoms with Gasteiger partial charge in [0.25, 0.3) is 0 Å². The molecule has 0 saturated heterocycles. The Kier molecular flexibility index (Phi) is 49.3. The summed E-state index contributed by atoms with van der Waals surface area (Å²) in [5.74, 6) is 0. The van der Waals surface area contributed by atoms with Crippen LogP contribution in [0.3, 0.4) is 0 Å². The average Bonchev–Trinajstić information content (AvgIpc) is 2.18. The van der Waals surface area contributed by atoms with Crippen molar-refractivity contribution in [2.24, 2.45) is 0 Å². The highest BCUT2D eigenvalue weighted by molar-refractivity contribution is 4.25. The van der Waals surface area contributed by atoms with Crippen LogP contribution in [-0.4, -0.2) is 52.8 Å². The molecule has 0 saturated carbocycles. The van der Waals surface area contributed by atoms with Crippen LogP contribution in [0.4, 0.5) is 0 Å². The van der Waals surface area contributed by atoms with Gasteiger partial charge in [-0.05, 0) is 41.2 Å². The molecule has 0 spiro atoms. The fraction of sp³-hybridized carbons (Fsp3) is 1.00.